The van der Waals surface area contributed by atoms with Gasteiger partial charge in [0, 0.05) is 0 Å². The highest BCUT2D eigenvalue weighted by Crippen LogP contribution is 2.31. The lowest BCUT2D eigenvalue weighted by molar-refractivity contribution is 0.401. The van der Waals surface area contributed by atoms with Crippen LogP contribution < -0.4 is 5.73 Å². The summed E-state index contributed by atoms with van der Waals surface area (Å²) in [5.41, 5.74) is 10.2. The summed E-state index contributed by atoms with van der Waals surface area (Å²) < 4.78 is 5.07. The number of benzene rings is 1. The zero-order valence-electron chi connectivity index (χ0n) is 9.16. The molecule has 0 aliphatic rings. The Balaban J connectivity index is 2.68. The molecule has 1 heterocycles. The standard InChI is InChI=1S/C12H14N2O/c1-7-4-5-8(2)10(6-7)11-9(3)15-14-12(11)13/h4-6H,1-3H3,(H2,13,14). The molecule has 78 valence electrons. The molecule has 0 fully saturated rings. The molecule has 0 unspecified atom stereocenters. The first-order valence-corrected chi connectivity index (χ1v) is 4.89. The normalized spacial score (nSPS) is 10.6. The maximum atomic E-state index is 5.79. The Kier molecular flexibility index (Phi) is 2.23. The monoisotopic (exact) mass is 202 g/mol. The van der Waals surface area contributed by atoms with Gasteiger partial charge in [-0.2, -0.15) is 0 Å². The topological polar surface area (TPSA) is 52.0 Å². The van der Waals surface area contributed by atoms with Crippen molar-refractivity contribution in [3.63, 3.8) is 0 Å². The number of nitrogens with two attached hydrogens (primary N) is 1. The van der Waals surface area contributed by atoms with Crippen molar-refractivity contribution in [2.75, 3.05) is 5.73 Å². The second-order valence-corrected chi connectivity index (χ2v) is 3.82. The average molecular weight is 202 g/mol. The smallest absolute Gasteiger partial charge is 0.175 e. The second kappa shape index (κ2) is 3.42. The van der Waals surface area contributed by atoms with Gasteiger partial charge in [-0.3, -0.25) is 0 Å². The molecule has 0 bridgehead atoms. The van der Waals surface area contributed by atoms with Gasteiger partial charge in [0.15, 0.2) is 5.82 Å². The molecular weight excluding hydrogens is 188 g/mol. The van der Waals surface area contributed by atoms with Crippen molar-refractivity contribution in [2.45, 2.75) is 20.8 Å². The fourth-order valence-electron chi connectivity index (χ4n) is 1.72. The van der Waals surface area contributed by atoms with E-state index in [1.807, 2.05) is 6.92 Å². The number of anilines is 1. The van der Waals surface area contributed by atoms with Crippen molar-refractivity contribution in [3.8, 4) is 11.1 Å². The summed E-state index contributed by atoms with van der Waals surface area (Å²) in [6, 6.07) is 6.26. The molecule has 0 amide bonds. The van der Waals surface area contributed by atoms with E-state index in [4.69, 9.17) is 10.3 Å². The van der Waals surface area contributed by atoms with E-state index in [0.29, 0.717) is 5.82 Å². The quantitative estimate of drug-likeness (QED) is 0.773. The molecule has 3 nitrogen and oxygen atoms in total. The van der Waals surface area contributed by atoms with Crippen molar-refractivity contribution >= 4 is 5.82 Å². The van der Waals surface area contributed by atoms with Crippen molar-refractivity contribution < 1.29 is 4.52 Å². The molecule has 1 aromatic heterocycles. The number of rotatable bonds is 1. The van der Waals surface area contributed by atoms with Crippen LogP contribution in [0, 0.1) is 20.8 Å². The molecule has 0 atom stereocenters. The number of hydrogen-bond acceptors (Lipinski definition) is 3. The minimum absolute atomic E-state index is 0.459. The molecule has 2 N–H and O–H groups in total. The molecule has 0 saturated heterocycles. The van der Waals surface area contributed by atoms with Crippen molar-refractivity contribution in [1.82, 2.24) is 5.16 Å². The Hall–Kier alpha value is -1.77. The third-order valence-electron chi connectivity index (χ3n) is 2.55. The highest BCUT2D eigenvalue weighted by Gasteiger charge is 2.14. The minimum atomic E-state index is 0.459. The Labute approximate surface area is 88.9 Å². The van der Waals surface area contributed by atoms with Gasteiger partial charge in [-0.1, -0.05) is 28.9 Å². The number of hydrogen-bond donors (Lipinski definition) is 1. The summed E-state index contributed by atoms with van der Waals surface area (Å²) >= 11 is 0. The van der Waals surface area contributed by atoms with Crippen molar-refractivity contribution in [1.29, 1.82) is 0 Å². The Morgan fingerprint density at radius 3 is 2.53 bits per heavy atom. The first-order chi connectivity index (χ1) is 7.09. The summed E-state index contributed by atoms with van der Waals surface area (Å²) in [5.74, 6) is 1.22. The van der Waals surface area contributed by atoms with Crippen LogP contribution in [-0.4, -0.2) is 5.16 Å². The molecule has 15 heavy (non-hydrogen) atoms. The third kappa shape index (κ3) is 1.61. The van der Waals surface area contributed by atoms with Crippen LogP contribution in [0.2, 0.25) is 0 Å². The average Bonchev–Trinajstić information content (AvgIpc) is 2.51. The summed E-state index contributed by atoms with van der Waals surface area (Å²) in [5, 5.41) is 3.77. The van der Waals surface area contributed by atoms with Crippen LogP contribution in [0.1, 0.15) is 16.9 Å². The fraction of sp³-hybridized carbons (Fsp3) is 0.250. The van der Waals surface area contributed by atoms with Gasteiger partial charge >= 0.3 is 0 Å². The first-order valence-electron chi connectivity index (χ1n) is 4.89. The molecule has 0 aliphatic heterocycles. The van der Waals surface area contributed by atoms with Gasteiger partial charge in [-0.25, -0.2) is 0 Å². The maximum Gasteiger partial charge on any atom is 0.175 e. The van der Waals surface area contributed by atoms with E-state index in [2.05, 4.69) is 37.2 Å². The highest BCUT2D eigenvalue weighted by molar-refractivity contribution is 5.78. The Morgan fingerprint density at radius 2 is 1.93 bits per heavy atom. The molecular formula is C12H14N2O. The van der Waals surface area contributed by atoms with Gasteiger partial charge in [0.05, 0.1) is 5.56 Å². The van der Waals surface area contributed by atoms with Gasteiger partial charge < -0.3 is 10.3 Å². The van der Waals surface area contributed by atoms with Crippen LogP contribution in [0.15, 0.2) is 22.7 Å². The minimum Gasteiger partial charge on any atom is -0.380 e. The van der Waals surface area contributed by atoms with E-state index < -0.39 is 0 Å². The van der Waals surface area contributed by atoms with Gasteiger partial charge in [0.1, 0.15) is 5.76 Å². The third-order valence-corrected chi connectivity index (χ3v) is 2.55. The first kappa shape index (κ1) is 9.77. The molecule has 0 saturated carbocycles. The van der Waals surface area contributed by atoms with Gasteiger partial charge in [-0.05, 0) is 31.9 Å². The summed E-state index contributed by atoms with van der Waals surface area (Å²) in [7, 11) is 0. The number of nitrogens with zero attached hydrogens (tertiary/aromatic N) is 1. The highest BCUT2D eigenvalue weighted by atomic mass is 16.5. The zero-order chi connectivity index (χ0) is 11.0. The molecule has 0 aliphatic carbocycles. The second-order valence-electron chi connectivity index (χ2n) is 3.82. The van der Waals surface area contributed by atoms with E-state index >= 15 is 0 Å². The van der Waals surface area contributed by atoms with Gasteiger partial charge in [0.2, 0.25) is 0 Å². The predicted molar refractivity (Wildman–Crippen MR) is 60.6 cm³/mol. The van der Waals surface area contributed by atoms with E-state index in [9.17, 15) is 0 Å². The SMILES string of the molecule is Cc1ccc(C)c(-c2c(N)noc2C)c1. The van der Waals surface area contributed by atoms with Crippen LogP contribution in [0.25, 0.3) is 11.1 Å². The maximum absolute atomic E-state index is 5.79. The molecule has 2 rings (SSSR count). The van der Waals surface area contributed by atoms with Crippen molar-refractivity contribution in [2.24, 2.45) is 0 Å². The van der Waals surface area contributed by atoms with Crippen LogP contribution >= 0.6 is 0 Å². The lowest BCUT2D eigenvalue weighted by Crippen LogP contribution is -1.91. The summed E-state index contributed by atoms with van der Waals surface area (Å²) in [4.78, 5) is 0. The summed E-state index contributed by atoms with van der Waals surface area (Å²) in [6.45, 7) is 5.99. The molecule has 1 aromatic carbocycles. The van der Waals surface area contributed by atoms with Gasteiger partial charge in [-0.15, -0.1) is 0 Å². The number of nitrogen functional groups attached to an aromatic ring is 1. The van der Waals surface area contributed by atoms with Crippen LogP contribution in [0.4, 0.5) is 5.82 Å². The lowest BCUT2D eigenvalue weighted by atomic mass is 9.99. The van der Waals surface area contributed by atoms with E-state index in [1.165, 1.54) is 11.1 Å². The van der Waals surface area contributed by atoms with Crippen molar-refractivity contribution in [3.05, 3.63) is 35.1 Å². The molecule has 0 spiro atoms. The van der Waals surface area contributed by atoms with E-state index in [1.54, 1.807) is 0 Å². The van der Waals surface area contributed by atoms with E-state index in [-0.39, 0.29) is 0 Å². The molecule has 2 aromatic rings. The molecule has 0 radical (unpaired) electrons. The molecule has 3 heteroatoms. The zero-order valence-corrected chi connectivity index (χ0v) is 9.16. The van der Waals surface area contributed by atoms with Crippen LogP contribution in [0.3, 0.4) is 0 Å². The van der Waals surface area contributed by atoms with Gasteiger partial charge in [0.25, 0.3) is 0 Å². The predicted octanol–water partition coefficient (Wildman–Crippen LogP) is 2.85. The fourth-order valence-corrected chi connectivity index (χ4v) is 1.72. The Bertz CT molecular complexity index is 481. The number of aryl methyl sites for hydroxylation is 3. The lowest BCUT2D eigenvalue weighted by Gasteiger charge is -2.05. The number of aromatic nitrogens is 1. The summed E-state index contributed by atoms with van der Waals surface area (Å²) in [6.07, 6.45) is 0. The Morgan fingerprint density at radius 1 is 1.20 bits per heavy atom. The van der Waals surface area contributed by atoms with Crippen LogP contribution in [0.5, 0.6) is 0 Å². The van der Waals surface area contributed by atoms with E-state index in [0.717, 1.165) is 16.9 Å². The largest absolute Gasteiger partial charge is 0.380 e. The van der Waals surface area contributed by atoms with Crippen LogP contribution in [-0.2, 0) is 0 Å².